The molecule has 0 bridgehead atoms. The smallest absolute Gasteiger partial charge is 0.211 e. The Kier molecular flexibility index (Phi) is 7.65. The highest BCUT2D eigenvalue weighted by Crippen LogP contribution is 2.23. The molecule has 1 atom stereocenters. The van der Waals surface area contributed by atoms with E-state index >= 15 is 0 Å². The van der Waals surface area contributed by atoms with Gasteiger partial charge in [-0.3, -0.25) is 0 Å². The van der Waals surface area contributed by atoms with Gasteiger partial charge in [-0.15, -0.1) is 0 Å². The number of nitrogens with one attached hydrogen (secondary N) is 1. The quantitative estimate of drug-likeness (QED) is 0.665. The molecule has 126 valence electrons. The Balaban J connectivity index is 2.28. The average Bonchev–Trinajstić information content (AvgIpc) is 2.38. The lowest BCUT2D eigenvalue weighted by atomic mass is 9.86. The van der Waals surface area contributed by atoms with Crippen molar-refractivity contribution < 1.29 is 8.42 Å². The monoisotopic (exact) mass is 318 g/mol. The number of sulfonamides is 1. The van der Waals surface area contributed by atoms with Crippen molar-refractivity contribution in [1.82, 2.24) is 9.62 Å². The molecule has 0 aromatic rings. The van der Waals surface area contributed by atoms with Crippen LogP contribution in [-0.2, 0) is 10.0 Å². The zero-order valence-corrected chi connectivity index (χ0v) is 15.1. The van der Waals surface area contributed by atoms with E-state index in [2.05, 4.69) is 26.1 Å². The lowest BCUT2D eigenvalue weighted by Gasteiger charge is -2.32. The second-order valence-corrected chi connectivity index (χ2v) is 9.36. The van der Waals surface area contributed by atoms with Crippen LogP contribution in [0.25, 0.3) is 0 Å². The predicted octanol–water partition coefficient (Wildman–Crippen LogP) is 2.85. The van der Waals surface area contributed by atoms with Gasteiger partial charge in [0.05, 0.1) is 6.26 Å². The number of piperidine rings is 1. The molecule has 1 saturated heterocycles. The molecule has 1 N–H and O–H groups in total. The average molecular weight is 319 g/mol. The minimum atomic E-state index is -3.02. The lowest BCUT2D eigenvalue weighted by molar-refractivity contribution is 0.242. The molecular formula is C16H34N2O2S. The Labute approximate surface area is 131 Å². The Morgan fingerprint density at radius 1 is 1.29 bits per heavy atom. The van der Waals surface area contributed by atoms with Crippen LogP contribution < -0.4 is 5.32 Å². The standard InChI is InChI=1S/C16H34N2O2S/c1-5-6-7-10-16(2,3)14-17-12-15-9-8-11-18(13-15)21(4,19)20/h15,17H,5-14H2,1-4H3. The molecule has 0 aromatic carbocycles. The maximum Gasteiger partial charge on any atom is 0.211 e. The SMILES string of the molecule is CCCCCC(C)(C)CNCC1CCCN(S(C)(=O)=O)C1. The Morgan fingerprint density at radius 2 is 2.00 bits per heavy atom. The van der Waals surface area contributed by atoms with Crippen LogP contribution in [0.15, 0.2) is 0 Å². The van der Waals surface area contributed by atoms with Crippen LogP contribution >= 0.6 is 0 Å². The predicted molar refractivity (Wildman–Crippen MR) is 89.9 cm³/mol. The fraction of sp³-hybridized carbons (Fsp3) is 1.00. The van der Waals surface area contributed by atoms with Crippen LogP contribution in [0.3, 0.4) is 0 Å². The summed E-state index contributed by atoms with van der Waals surface area (Å²) in [5.74, 6) is 0.458. The molecule has 5 heteroatoms. The molecule has 4 nitrogen and oxygen atoms in total. The molecule has 1 rings (SSSR count). The molecule has 0 spiro atoms. The van der Waals surface area contributed by atoms with Gasteiger partial charge in [0.1, 0.15) is 0 Å². The topological polar surface area (TPSA) is 49.4 Å². The fourth-order valence-electron chi connectivity index (χ4n) is 3.05. The first-order valence-electron chi connectivity index (χ1n) is 8.40. The highest BCUT2D eigenvalue weighted by atomic mass is 32.2. The van der Waals surface area contributed by atoms with Crippen molar-refractivity contribution in [2.75, 3.05) is 32.4 Å². The van der Waals surface area contributed by atoms with Crippen molar-refractivity contribution in [2.24, 2.45) is 11.3 Å². The summed E-state index contributed by atoms with van der Waals surface area (Å²) in [5, 5.41) is 3.57. The molecule has 1 fully saturated rings. The summed E-state index contributed by atoms with van der Waals surface area (Å²) >= 11 is 0. The van der Waals surface area contributed by atoms with Crippen molar-refractivity contribution in [1.29, 1.82) is 0 Å². The van der Waals surface area contributed by atoms with E-state index in [1.54, 1.807) is 4.31 Å². The van der Waals surface area contributed by atoms with Crippen molar-refractivity contribution in [3.63, 3.8) is 0 Å². The summed E-state index contributed by atoms with van der Waals surface area (Å²) in [7, 11) is -3.02. The van der Waals surface area contributed by atoms with Crippen molar-refractivity contribution in [2.45, 2.75) is 59.3 Å². The maximum atomic E-state index is 11.6. The first kappa shape index (κ1) is 18.9. The highest BCUT2D eigenvalue weighted by molar-refractivity contribution is 7.88. The molecule has 1 heterocycles. The largest absolute Gasteiger partial charge is 0.316 e. The first-order valence-corrected chi connectivity index (χ1v) is 10.3. The van der Waals surface area contributed by atoms with Crippen LogP contribution in [0.1, 0.15) is 59.3 Å². The van der Waals surface area contributed by atoms with Gasteiger partial charge in [0, 0.05) is 19.6 Å². The summed E-state index contributed by atoms with van der Waals surface area (Å²) in [5.41, 5.74) is 0.334. The minimum Gasteiger partial charge on any atom is -0.316 e. The molecule has 0 amide bonds. The fourth-order valence-corrected chi connectivity index (χ4v) is 3.99. The third-order valence-electron chi connectivity index (χ3n) is 4.44. The van der Waals surface area contributed by atoms with Gasteiger partial charge in [0.15, 0.2) is 0 Å². The third-order valence-corrected chi connectivity index (χ3v) is 5.71. The molecule has 1 unspecified atom stereocenters. The highest BCUT2D eigenvalue weighted by Gasteiger charge is 2.26. The van der Waals surface area contributed by atoms with E-state index in [4.69, 9.17) is 0 Å². The zero-order valence-electron chi connectivity index (χ0n) is 14.3. The van der Waals surface area contributed by atoms with Gasteiger partial charge in [0.2, 0.25) is 10.0 Å². The molecule has 1 aliphatic rings. The lowest BCUT2D eigenvalue weighted by Crippen LogP contribution is -2.43. The molecule has 1 aliphatic heterocycles. The number of hydrogen-bond acceptors (Lipinski definition) is 3. The van der Waals surface area contributed by atoms with Gasteiger partial charge in [0.25, 0.3) is 0 Å². The normalized spacial score (nSPS) is 21.6. The second kappa shape index (κ2) is 8.49. The zero-order chi connectivity index (χ0) is 15.9. The van der Waals surface area contributed by atoms with E-state index in [1.165, 1.54) is 31.9 Å². The van der Waals surface area contributed by atoms with Gasteiger partial charge in [-0.1, -0.05) is 40.0 Å². The summed E-state index contributed by atoms with van der Waals surface area (Å²) in [6.45, 7) is 10.2. The van der Waals surface area contributed by atoms with E-state index in [0.717, 1.165) is 25.9 Å². The van der Waals surface area contributed by atoms with Gasteiger partial charge < -0.3 is 5.32 Å². The molecule has 21 heavy (non-hydrogen) atoms. The number of rotatable bonds is 9. The van der Waals surface area contributed by atoms with E-state index in [1.807, 2.05) is 0 Å². The van der Waals surface area contributed by atoms with Crippen LogP contribution in [0.2, 0.25) is 0 Å². The summed E-state index contributed by atoms with van der Waals surface area (Å²) in [4.78, 5) is 0. The summed E-state index contributed by atoms with van der Waals surface area (Å²) < 4.78 is 24.9. The van der Waals surface area contributed by atoms with Gasteiger partial charge >= 0.3 is 0 Å². The number of nitrogens with zero attached hydrogens (tertiary/aromatic N) is 1. The van der Waals surface area contributed by atoms with Crippen LogP contribution in [0.4, 0.5) is 0 Å². The van der Waals surface area contributed by atoms with Gasteiger partial charge in [-0.25, -0.2) is 12.7 Å². The van der Waals surface area contributed by atoms with E-state index in [9.17, 15) is 8.42 Å². The van der Waals surface area contributed by atoms with E-state index in [-0.39, 0.29) is 0 Å². The molecule has 0 saturated carbocycles. The Bertz CT molecular complexity index is 393. The van der Waals surface area contributed by atoms with Crippen LogP contribution in [0.5, 0.6) is 0 Å². The van der Waals surface area contributed by atoms with Gasteiger partial charge in [-0.05, 0) is 37.1 Å². The van der Waals surface area contributed by atoms with Crippen molar-refractivity contribution in [3.05, 3.63) is 0 Å². The summed E-state index contributed by atoms with van der Waals surface area (Å²) in [6.07, 6.45) is 8.58. The summed E-state index contributed by atoms with van der Waals surface area (Å²) in [6, 6.07) is 0. The number of hydrogen-bond donors (Lipinski definition) is 1. The molecule has 0 radical (unpaired) electrons. The minimum absolute atomic E-state index is 0.334. The molecule has 0 aliphatic carbocycles. The molecular weight excluding hydrogens is 284 g/mol. The maximum absolute atomic E-state index is 11.6. The van der Waals surface area contributed by atoms with Crippen molar-refractivity contribution in [3.8, 4) is 0 Å². The van der Waals surface area contributed by atoms with Gasteiger partial charge in [-0.2, -0.15) is 0 Å². The third kappa shape index (κ3) is 7.61. The Hall–Kier alpha value is -0.130. The van der Waals surface area contributed by atoms with E-state index in [0.29, 0.717) is 24.4 Å². The van der Waals surface area contributed by atoms with E-state index < -0.39 is 10.0 Å². The Morgan fingerprint density at radius 3 is 2.62 bits per heavy atom. The van der Waals surface area contributed by atoms with Crippen LogP contribution in [-0.4, -0.2) is 45.2 Å². The molecule has 0 aromatic heterocycles. The van der Waals surface area contributed by atoms with Crippen molar-refractivity contribution >= 4 is 10.0 Å². The second-order valence-electron chi connectivity index (χ2n) is 7.38. The van der Waals surface area contributed by atoms with Crippen LogP contribution in [0, 0.1) is 11.3 Å². The first-order chi connectivity index (χ1) is 9.74. The number of unbranched alkanes of at least 4 members (excludes halogenated alkanes) is 2.